The van der Waals surface area contributed by atoms with Crippen LogP contribution in [0.25, 0.3) is 11.3 Å². The molecule has 0 saturated heterocycles. The summed E-state index contributed by atoms with van der Waals surface area (Å²) in [6.07, 6.45) is -0.413. The van der Waals surface area contributed by atoms with Crippen LogP contribution in [0.1, 0.15) is 25.6 Å². The molecule has 1 unspecified atom stereocenters. The lowest BCUT2D eigenvalue weighted by molar-refractivity contribution is 0.224. The first-order chi connectivity index (χ1) is 13.3. The number of aromatic nitrogens is 3. The number of rotatable bonds is 5. The van der Waals surface area contributed by atoms with E-state index in [1.165, 1.54) is 11.8 Å². The maximum Gasteiger partial charge on any atom is 0.247 e. The number of hydrogen-bond acceptors (Lipinski definition) is 7. The number of thioether (sulfide) groups is 1. The van der Waals surface area contributed by atoms with E-state index >= 15 is 0 Å². The van der Waals surface area contributed by atoms with Crippen molar-refractivity contribution in [2.24, 2.45) is 0 Å². The Morgan fingerprint density at radius 2 is 2.00 bits per heavy atom. The molecule has 2 aromatic carbocycles. The lowest BCUT2D eigenvalue weighted by Crippen LogP contribution is -2.17. The molecule has 27 heavy (non-hydrogen) atoms. The number of hydrogen-bond donors (Lipinski definition) is 1. The Labute approximate surface area is 162 Å². The van der Waals surface area contributed by atoms with Crippen LogP contribution in [0.4, 0.5) is 5.69 Å². The molecule has 0 aliphatic carbocycles. The standard InChI is InChI=1S/C20H20N4O2S/c1-3-25-14-9-7-8-13(12-14)18-21-16-11-6-5-10-15(16)17-19(26-18)22-20(24-23-17)27-4-2/h5-12,18,21H,3-4H2,1-2H3. The van der Waals surface area contributed by atoms with Crippen LogP contribution in [0, 0.1) is 0 Å². The van der Waals surface area contributed by atoms with Gasteiger partial charge in [-0.2, -0.15) is 4.98 Å². The molecule has 0 saturated carbocycles. The minimum absolute atomic E-state index is 0.413. The highest BCUT2D eigenvalue weighted by Gasteiger charge is 2.26. The Bertz CT molecular complexity index is 951. The van der Waals surface area contributed by atoms with Crippen LogP contribution in [0.2, 0.25) is 0 Å². The van der Waals surface area contributed by atoms with Gasteiger partial charge < -0.3 is 14.8 Å². The number of nitrogens with zero attached hydrogens (tertiary/aromatic N) is 3. The van der Waals surface area contributed by atoms with Crippen LogP contribution < -0.4 is 14.8 Å². The molecule has 6 nitrogen and oxygen atoms in total. The van der Waals surface area contributed by atoms with E-state index in [0.29, 0.717) is 23.3 Å². The highest BCUT2D eigenvalue weighted by Crippen LogP contribution is 2.39. The van der Waals surface area contributed by atoms with Crippen molar-refractivity contribution >= 4 is 17.4 Å². The normalized spacial score (nSPS) is 15.0. The van der Waals surface area contributed by atoms with E-state index in [-0.39, 0.29) is 0 Å². The molecule has 3 aromatic rings. The molecule has 0 amide bonds. The Hall–Kier alpha value is -2.80. The van der Waals surface area contributed by atoms with Gasteiger partial charge in [0.2, 0.25) is 11.0 Å². The maximum absolute atomic E-state index is 6.25. The second-order valence-electron chi connectivity index (χ2n) is 5.87. The molecular weight excluding hydrogens is 360 g/mol. The average Bonchev–Trinajstić information content (AvgIpc) is 2.85. The molecule has 4 rings (SSSR count). The van der Waals surface area contributed by atoms with Gasteiger partial charge in [0.05, 0.1) is 6.61 Å². The van der Waals surface area contributed by atoms with Gasteiger partial charge in [0.15, 0.2) is 11.9 Å². The fourth-order valence-corrected chi connectivity index (χ4v) is 3.43. The van der Waals surface area contributed by atoms with Gasteiger partial charge in [-0.3, -0.25) is 0 Å². The lowest BCUT2D eigenvalue weighted by atomic mass is 10.1. The lowest BCUT2D eigenvalue weighted by Gasteiger charge is -2.20. The van der Waals surface area contributed by atoms with E-state index in [1.807, 2.05) is 55.5 Å². The van der Waals surface area contributed by atoms with Crippen molar-refractivity contribution in [2.75, 3.05) is 17.7 Å². The topological polar surface area (TPSA) is 69.2 Å². The van der Waals surface area contributed by atoms with Crippen molar-refractivity contribution in [3.63, 3.8) is 0 Å². The number of para-hydroxylation sites is 1. The van der Waals surface area contributed by atoms with Crippen molar-refractivity contribution in [2.45, 2.75) is 25.2 Å². The van der Waals surface area contributed by atoms with Crippen LogP contribution in [-0.2, 0) is 0 Å². The molecule has 0 fully saturated rings. The first kappa shape index (κ1) is 17.6. The Balaban J connectivity index is 1.78. The van der Waals surface area contributed by atoms with Crippen molar-refractivity contribution in [1.82, 2.24) is 15.2 Å². The van der Waals surface area contributed by atoms with Gasteiger partial charge in [0.1, 0.15) is 5.75 Å². The summed E-state index contributed by atoms with van der Waals surface area (Å²) in [7, 11) is 0. The monoisotopic (exact) mass is 380 g/mol. The van der Waals surface area contributed by atoms with Crippen LogP contribution in [0.3, 0.4) is 0 Å². The fourth-order valence-electron chi connectivity index (χ4n) is 2.92. The summed E-state index contributed by atoms with van der Waals surface area (Å²) < 4.78 is 11.9. The van der Waals surface area contributed by atoms with Crippen LogP contribution in [0.15, 0.2) is 53.7 Å². The summed E-state index contributed by atoms with van der Waals surface area (Å²) in [5.74, 6) is 2.15. The zero-order chi connectivity index (χ0) is 18.6. The molecule has 1 aliphatic rings. The third kappa shape index (κ3) is 3.68. The van der Waals surface area contributed by atoms with E-state index in [9.17, 15) is 0 Å². The third-order valence-electron chi connectivity index (χ3n) is 4.08. The quantitative estimate of drug-likeness (QED) is 0.651. The molecular formula is C20H20N4O2S. The van der Waals surface area contributed by atoms with E-state index in [1.54, 1.807) is 0 Å². The Kier molecular flexibility index (Phi) is 5.11. The minimum Gasteiger partial charge on any atom is -0.494 e. The highest BCUT2D eigenvalue weighted by molar-refractivity contribution is 7.99. The summed E-state index contributed by atoms with van der Waals surface area (Å²) in [6, 6.07) is 15.8. The van der Waals surface area contributed by atoms with Gasteiger partial charge in [-0.1, -0.05) is 49.0 Å². The Morgan fingerprint density at radius 3 is 2.85 bits per heavy atom. The molecule has 1 N–H and O–H groups in total. The SMILES string of the molecule is CCOc1cccc(C2Nc3ccccc3-c3nnc(SCC)nc3O2)c1. The first-order valence-corrected chi connectivity index (χ1v) is 9.90. The highest BCUT2D eigenvalue weighted by atomic mass is 32.2. The number of ether oxygens (including phenoxy) is 2. The summed E-state index contributed by atoms with van der Waals surface area (Å²) >= 11 is 1.54. The summed E-state index contributed by atoms with van der Waals surface area (Å²) in [6.45, 7) is 4.64. The van der Waals surface area contributed by atoms with Crippen LogP contribution in [0.5, 0.6) is 11.6 Å². The Morgan fingerprint density at radius 1 is 1.11 bits per heavy atom. The van der Waals surface area contributed by atoms with E-state index in [4.69, 9.17) is 9.47 Å². The average molecular weight is 380 g/mol. The van der Waals surface area contributed by atoms with Crippen LogP contribution >= 0.6 is 11.8 Å². The van der Waals surface area contributed by atoms with Gasteiger partial charge in [-0.05, 0) is 30.9 Å². The number of nitrogens with one attached hydrogen (secondary N) is 1. The van der Waals surface area contributed by atoms with Crippen molar-refractivity contribution < 1.29 is 9.47 Å². The molecule has 0 spiro atoms. The van der Waals surface area contributed by atoms with E-state index in [2.05, 4.69) is 27.4 Å². The summed E-state index contributed by atoms with van der Waals surface area (Å²) in [4.78, 5) is 4.59. The van der Waals surface area contributed by atoms with Crippen molar-refractivity contribution in [3.8, 4) is 22.9 Å². The smallest absolute Gasteiger partial charge is 0.247 e. The zero-order valence-corrected chi connectivity index (χ0v) is 16.0. The zero-order valence-electron chi connectivity index (χ0n) is 15.2. The van der Waals surface area contributed by atoms with Crippen molar-refractivity contribution in [1.29, 1.82) is 0 Å². The molecule has 1 aliphatic heterocycles. The molecule has 0 radical (unpaired) electrons. The molecule has 1 aromatic heterocycles. The minimum atomic E-state index is -0.413. The fraction of sp³-hybridized carbons (Fsp3) is 0.250. The van der Waals surface area contributed by atoms with E-state index in [0.717, 1.165) is 28.3 Å². The van der Waals surface area contributed by atoms with Gasteiger partial charge in [0, 0.05) is 16.8 Å². The molecule has 138 valence electrons. The second-order valence-corrected chi connectivity index (χ2v) is 7.11. The predicted molar refractivity (Wildman–Crippen MR) is 106 cm³/mol. The molecule has 0 bridgehead atoms. The summed E-state index contributed by atoms with van der Waals surface area (Å²) in [5.41, 5.74) is 3.44. The first-order valence-electron chi connectivity index (χ1n) is 8.91. The van der Waals surface area contributed by atoms with Gasteiger partial charge in [-0.25, -0.2) is 0 Å². The third-order valence-corrected chi connectivity index (χ3v) is 4.80. The number of anilines is 1. The predicted octanol–water partition coefficient (Wildman–Crippen LogP) is 4.55. The molecule has 2 heterocycles. The van der Waals surface area contributed by atoms with Gasteiger partial charge >= 0.3 is 0 Å². The van der Waals surface area contributed by atoms with E-state index < -0.39 is 6.23 Å². The van der Waals surface area contributed by atoms with Crippen LogP contribution in [-0.4, -0.2) is 27.5 Å². The van der Waals surface area contributed by atoms with Gasteiger partial charge in [0.25, 0.3) is 0 Å². The number of benzene rings is 2. The molecule has 1 atom stereocenters. The summed E-state index contributed by atoms with van der Waals surface area (Å²) in [5, 5.41) is 12.7. The maximum atomic E-state index is 6.25. The van der Waals surface area contributed by atoms with Crippen molar-refractivity contribution in [3.05, 3.63) is 54.1 Å². The molecule has 7 heteroatoms. The number of fused-ring (bicyclic) bond motifs is 3. The van der Waals surface area contributed by atoms with Gasteiger partial charge in [-0.15, -0.1) is 10.2 Å². The largest absolute Gasteiger partial charge is 0.494 e. The second kappa shape index (κ2) is 7.84.